The van der Waals surface area contributed by atoms with Crippen molar-refractivity contribution in [3.63, 3.8) is 0 Å². The normalized spacial score (nSPS) is 24.4. The van der Waals surface area contributed by atoms with Crippen LogP contribution in [-0.2, 0) is 16.3 Å². The van der Waals surface area contributed by atoms with Crippen molar-refractivity contribution in [1.29, 1.82) is 0 Å². The molecule has 1 unspecified atom stereocenters. The van der Waals surface area contributed by atoms with Gasteiger partial charge in [-0.15, -0.1) is 11.3 Å². The van der Waals surface area contributed by atoms with Crippen LogP contribution in [0.15, 0.2) is 10.9 Å². The van der Waals surface area contributed by atoms with Crippen molar-refractivity contribution in [3.05, 3.63) is 16.6 Å². The molecule has 1 atom stereocenters. The summed E-state index contributed by atoms with van der Waals surface area (Å²) < 4.78 is 22.4. The van der Waals surface area contributed by atoms with Crippen molar-refractivity contribution in [2.75, 3.05) is 18.1 Å². The zero-order chi connectivity index (χ0) is 10.7. The molecule has 1 aliphatic rings. The summed E-state index contributed by atoms with van der Waals surface area (Å²) in [6, 6.07) is 0.147. The van der Waals surface area contributed by atoms with Crippen LogP contribution in [0.4, 0.5) is 0 Å². The van der Waals surface area contributed by atoms with E-state index >= 15 is 0 Å². The highest BCUT2D eigenvalue weighted by Gasteiger charge is 2.26. The van der Waals surface area contributed by atoms with Crippen LogP contribution in [0, 0.1) is 0 Å². The molecule has 1 saturated heterocycles. The number of nitrogens with one attached hydrogen (secondary N) is 1. The third kappa shape index (κ3) is 3.25. The molecule has 2 rings (SSSR count). The van der Waals surface area contributed by atoms with E-state index in [9.17, 15) is 8.42 Å². The van der Waals surface area contributed by atoms with Gasteiger partial charge >= 0.3 is 0 Å². The SMILES string of the molecule is O=S1(=O)CCC(NCCc2cscn2)C1. The zero-order valence-electron chi connectivity index (χ0n) is 8.35. The van der Waals surface area contributed by atoms with Gasteiger partial charge in [0, 0.05) is 24.4 Å². The van der Waals surface area contributed by atoms with Crippen LogP contribution < -0.4 is 5.32 Å². The van der Waals surface area contributed by atoms with Gasteiger partial charge in [-0.2, -0.15) is 0 Å². The lowest BCUT2D eigenvalue weighted by molar-refractivity contribution is 0.555. The number of aromatic nitrogens is 1. The monoisotopic (exact) mass is 246 g/mol. The summed E-state index contributed by atoms with van der Waals surface area (Å²) in [7, 11) is -2.76. The fraction of sp³-hybridized carbons (Fsp3) is 0.667. The molecule has 84 valence electrons. The first-order valence-electron chi connectivity index (χ1n) is 4.96. The van der Waals surface area contributed by atoms with E-state index in [0.29, 0.717) is 11.5 Å². The summed E-state index contributed by atoms with van der Waals surface area (Å²) in [6.45, 7) is 0.809. The van der Waals surface area contributed by atoms with Gasteiger partial charge in [-0.05, 0) is 6.42 Å². The molecule has 0 saturated carbocycles. The minimum absolute atomic E-state index is 0.147. The third-order valence-corrected chi connectivity index (χ3v) is 4.93. The van der Waals surface area contributed by atoms with E-state index in [1.165, 1.54) is 0 Å². The van der Waals surface area contributed by atoms with Gasteiger partial charge in [-0.3, -0.25) is 0 Å². The van der Waals surface area contributed by atoms with Gasteiger partial charge in [0.05, 0.1) is 22.7 Å². The molecule has 1 N–H and O–H groups in total. The van der Waals surface area contributed by atoms with Crippen molar-refractivity contribution in [1.82, 2.24) is 10.3 Å². The number of sulfone groups is 1. The Morgan fingerprint density at radius 1 is 1.60 bits per heavy atom. The summed E-state index contributed by atoms with van der Waals surface area (Å²) in [5.74, 6) is 0.630. The van der Waals surface area contributed by atoms with Crippen LogP contribution in [0.3, 0.4) is 0 Å². The standard InChI is InChI=1S/C9H14N2O2S2/c12-15(13)4-2-9(6-15)10-3-1-8-5-14-7-11-8/h5,7,9-10H,1-4,6H2. The van der Waals surface area contributed by atoms with Crippen LogP contribution in [0.5, 0.6) is 0 Å². The van der Waals surface area contributed by atoms with Crippen LogP contribution in [-0.4, -0.2) is 37.5 Å². The molecule has 2 heterocycles. The number of rotatable bonds is 4. The van der Waals surface area contributed by atoms with E-state index in [4.69, 9.17) is 0 Å². The van der Waals surface area contributed by atoms with Crippen LogP contribution in [0.1, 0.15) is 12.1 Å². The summed E-state index contributed by atoms with van der Waals surface area (Å²) in [4.78, 5) is 4.17. The lowest BCUT2D eigenvalue weighted by Crippen LogP contribution is -2.31. The molecular formula is C9H14N2O2S2. The van der Waals surface area contributed by atoms with E-state index in [1.807, 2.05) is 10.9 Å². The van der Waals surface area contributed by atoms with E-state index < -0.39 is 9.84 Å². The van der Waals surface area contributed by atoms with Crippen LogP contribution in [0.25, 0.3) is 0 Å². The highest BCUT2D eigenvalue weighted by molar-refractivity contribution is 7.91. The zero-order valence-corrected chi connectivity index (χ0v) is 9.98. The Kier molecular flexibility index (Phi) is 3.38. The molecule has 0 aromatic carbocycles. The molecule has 1 fully saturated rings. The predicted octanol–water partition coefficient (Wildman–Crippen LogP) is 0.462. The van der Waals surface area contributed by atoms with Crippen LogP contribution in [0.2, 0.25) is 0 Å². The van der Waals surface area contributed by atoms with Gasteiger partial charge in [0.1, 0.15) is 0 Å². The summed E-state index contributed by atoms with van der Waals surface area (Å²) >= 11 is 1.59. The van der Waals surface area contributed by atoms with Crippen LogP contribution >= 0.6 is 11.3 Å². The Balaban J connectivity index is 1.71. The molecule has 0 radical (unpaired) electrons. The smallest absolute Gasteiger partial charge is 0.151 e. The average molecular weight is 246 g/mol. The van der Waals surface area contributed by atoms with Gasteiger partial charge < -0.3 is 5.32 Å². The minimum atomic E-state index is -2.76. The highest BCUT2D eigenvalue weighted by atomic mass is 32.2. The van der Waals surface area contributed by atoms with E-state index in [0.717, 1.165) is 25.1 Å². The third-order valence-electron chi connectivity index (χ3n) is 2.53. The molecule has 15 heavy (non-hydrogen) atoms. The Bertz CT molecular complexity index is 400. The number of hydrogen-bond donors (Lipinski definition) is 1. The van der Waals surface area contributed by atoms with Gasteiger partial charge in [-0.1, -0.05) is 0 Å². The average Bonchev–Trinajstić information content (AvgIpc) is 2.76. The first-order valence-corrected chi connectivity index (χ1v) is 7.73. The molecule has 0 aliphatic carbocycles. The quantitative estimate of drug-likeness (QED) is 0.838. The van der Waals surface area contributed by atoms with Crippen molar-refractivity contribution >= 4 is 21.2 Å². The molecule has 0 amide bonds. The minimum Gasteiger partial charge on any atom is -0.313 e. The Hall–Kier alpha value is -0.460. The molecule has 1 aliphatic heterocycles. The maximum atomic E-state index is 11.2. The fourth-order valence-corrected chi connectivity index (χ4v) is 4.02. The molecule has 1 aromatic rings. The van der Waals surface area contributed by atoms with Crippen molar-refractivity contribution in [2.24, 2.45) is 0 Å². The second kappa shape index (κ2) is 4.59. The maximum Gasteiger partial charge on any atom is 0.151 e. The van der Waals surface area contributed by atoms with Gasteiger partial charge in [0.15, 0.2) is 9.84 Å². The van der Waals surface area contributed by atoms with Gasteiger partial charge in [0.25, 0.3) is 0 Å². The summed E-state index contributed by atoms with van der Waals surface area (Å²) in [5, 5.41) is 5.28. The molecule has 6 heteroatoms. The molecule has 0 spiro atoms. The number of hydrogen-bond acceptors (Lipinski definition) is 5. The molecular weight excluding hydrogens is 232 g/mol. The maximum absolute atomic E-state index is 11.2. The molecule has 0 bridgehead atoms. The summed E-state index contributed by atoms with van der Waals surface area (Å²) in [6.07, 6.45) is 1.62. The van der Waals surface area contributed by atoms with E-state index in [1.54, 1.807) is 11.3 Å². The second-order valence-electron chi connectivity index (χ2n) is 3.78. The van der Waals surface area contributed by atoms with Gasteiger partial charge in [-0.25, -0.2) is 13.4 Å². The Labute approximate surface area is 93.7 Å². The molecule has 4 nitrogen and oxygen atoms in total. The lowest BCUT2D eigenvalue weighted by atomic mass is 10.2. The van der Waals surface area contributed by atoms with Crippen molar-refractivity contribution in [3.8, 4) is 0 Å². The fourth-order valence-electron chi connectivity index (χ4n) is 1.72. The number of nitrogens with zero attached hydrogens (tertiary/aromatic N) is 1. The summed E-state index contributed by atoms with van der Waals surface area (Å²) in [5.41, 5.74) is 2.89. The van der Waals surface area contributed by atoms with Gasteiger partial charge in [0.2, 0.25) is 0 Å². The highest BCUT2D eigenvalue weighted by Crippen LogP contribution is 2.11. The lowest BCUT2D eigenvalue weighted by Gasteiger charge is -2.08. The predicted molar refractivity (Wildman–Crippen MR) is 60.9 cm³/mol. The topological polar surface area (TPSA) is 59.1 Å². The molecule has 1 aromatic heterocycles. The first-order chi connectivity index (χ1) is 7.16. The van der Waals surface area contributed by atoms with E-state index in [-0.39, 0.29) is 6.04 Å². The Morgan fingerprint density at radius 3 is 3.07 bits per heavy atom. The first kappa shape index (κ1) is 11.0. The van der Waals surface area contributed by atoms with Crippen molar-refractivity contribution < 1.29 is 8.42 Å². The second-order valence-corrected chi connectivity index (χ2v) is 6.73. The largest absolute Gasteiger partial charge is 0.313 e. The number of thiazole rings is 1. The Morgan fingerprint density at radius 2 is 2.47 bits per heavy atom. The van der Waals surface area contributed by atoms with Crippen molar-refractivity contribution in [2.45, 2.75) is 18.9 Å². The van der Waals surface area contributed by atoms with E-state index in [2.05, 4.69) is 10.3 Å².